The van der Waals surface area contributed by atoms with Gasteiger partial charge in [-0.3, -0.25) is 0 Å². The van der Waals surface area contributed by atoms with E-state index in [0.29, 0.717) is 13.0 Å². The fourth-order valence-electron chi connectivity index (χ4n) is 9.28. The van der Waals surface area contributed by atoms with Crippen LogP contribution in [0.25, 0.3) is 0 Å². The van der Waals surface area contributed by atoms with Gasteiger partial charge < -0.3 is 59.1 Å². The Morgan fingerprint density at radius 2 is 0.918 bits per heavy atom. The van der Waals surface area contributed by atoms with E-state index in [-0.39, 0.29) is 57.5 Å². The quantitative estimate of drug-likeness (QED) is 0.0552. The Morgan fingerprint density at radius 1 is 0.562 bits per heavy atom. The molecular formula is C56H78N4O12Si. The van der Waals surface area contributed by atoms with E-state index in [1.165, 1.54) is 9.80 Å². The van der Waals surface area contributed by atoms with E-state index < -0.39 is 80.0 Å². The Morgan fingerprint density at radius 3 is 1.26 bits per heavy atom. The molecule has 17 heteroatoms. The third-order valence-corrected chi connectivity index (χ3v) is 17.7. The molecule has 4 aromatic rings. The summed E-state index contributed by atoms with van der Waals surface area (Å²) in [6.07, 6.45) is -3.26. The second-order valence-corrected chi connectivity index (χ2v) is 26.0. The Kier molecular flexibility index (Phi) is 20.9. The summed E-state index contributed by atoms with van der Waals surface area (Å²) in [7, 11) is -2.82. The van der Waals surface area contributed by atoms with E-state index >= 15 is 0 Å². The highest BCUT2D eigenvalue weighted by Gasteiger charge is 2.50. The van der Waals surface area contributed by atoms with Crippen LogP contribution in [0.4, 0.5) is 19.2 Å². The maximum Gasteiger partial charge on any atom is 0.410 e. The first-order valence-corrected chi connectivity index (χ1v) is 27.0. The topological polar surface area (TPSA) is 206 Å². The number of amides is 4. The number of nitrogens with one attached hydrogen (secondary N) is 2. The van der Waals surface area contributed by atoms with E-state index in [1.807, 2.05) is 118 Å². The van der Waals surface area contributed by atoms with E-state index in [9.17, 15) is 34.5 Å². The number of benzene rings is 4. The summed E-state index contributed by atoms with van der Waals surface area (Å²) in [5.41, 5.74) is 0.404. The lowest BCUT2D eigenvalue weighted by Gasteiger charge is -2.43. The number of hydrogen-bond acceptors (Lipinski definition) is 12. The second kappa shape index (κ2) is 26.3. The summed E-state index contributed by atoms with van der Waals surface area (Å²) in [5, 5.41) is 38.7. The van der Waals surface area contributed by atoms with E-state index in [4.69, 9.17) is 23.4 Å². The molecule has 73 heavy (non-hydrogen) atoms. The van der Waals surface area contributed by atoms with Crippen LogP contribution in [-0.2, 0) is 36.6 Å². The number of carbonyl (C=O) groups is 4. The molecule has 4 amide bonds. The molecule has 6 atom stereocenters. The molecule has 6 rings (SSSR count). The lowest BCUT2D eigenvalue weighted by molar-refractivity contribution is 0.0422. The first-order valence-electron chi connectivity index (χ1n) is 25.1. The highest BCUT2D eigenvalue weighted by atomic mass is 28.4. The van der Waals surface area contributed by atoms with E-state index in [1.54, 1.807) is 20.8 Å². The molecule has 0 spiro atoms. The molecule has 2 heterocycles. The number of ether oxygens (including phenoxy) is 4. The Bertz CT molecular complexity index is 2290. The van der Waals surface area contributed by atoms with Crippen LogP contribution in [0.5, 0.6) is 0 Å². The minimum Gasteiger partial charge on any atom is -0.445 e. The van der Waals surface area contributed by atoms with Crippen LogP contribution < -0.4 is 21.0 Å². The summed E-state index contributed by atoms with van der Waals surface area (Å²) in [6.45, 7) is 18.5. The molecule has 0 aromatic heterocycles. The van der Waals surface area contributed by atoms with Crippen molar-refractivity contribution in [3.63, 3.8) is 0 Å². The fraction of sp³-hybridized carbons (Fsp3) is 0.500. The van der Waals surface area contributed by atoms with Crippen molar-refractivity contribution >= 4 is 43.1 Å². The molecule has 2 fully saturated rings. The number of hydrogen-bond donors (Lipinski definition) is 5. The third kappa shape index (κ3) is 17.3. The summed E-state index contributed by atoms with van der Waals surface area (Å²) in [4.78, 5) is 53.3. The van der Waals surface area contributed by atoms with Gasteiger partial charge in [-0.2, -0.15) is 0 Å². The number of aliphatic hydroxyl groups excluding tert-OH is 3. The maximum absolute atomic E-state index is 13.0. The highest BCUT2D eigenvalue weighted by molar-refractivity contribution is 6.99. The van der Waals surface area contributed by atoms with Crippen molar-refractivity contribution in [3.8, 4) is 0 Å². The van der Waals surface area contributed by atoms with Crippen molar-refractivity contribution in [1.29, 1.82) is 0 Å². The lowest BCUT2D eigenvalue weighted by atomic mass is 9.94. The average Bonchev–Trinajstić information content (AvgIpc) is 3.93. The van der Waals surface area contributed by atoms with Gasteiger partial charge >= 0.3 is 24.4 Å². The van der Waals surface area contributed by atoms with Crippen molar-refractivity contribution in [2.24, 2.45) is 11.8 Å². The number of aliphatic hydroxyl groups is 3. The Balaban J connectivity index is 0.000000303. The standard InChI is InChI=1S/C36H48N2O6Si.C20H30N2O6/c1-35(2,3)44-33(40)37-31(30-24-38(25-32(30)39)34(41)42-26-27-16-10-7-11-17-27)22-23-43-45(36(4,5)6,28-18-12-8-13-19-28)29-20-14-9-15-21-29;1-20(2,3)28-18(25)21-16(9-10-23)15-11-22(12-17(15)24)19(26)27-13-14-7-5-4-6-8-14/h7-21,30-32,39H,22-26H2,1-6H3,(H,37,40);4-8,15-17,23-24H,9-13H2,1-3H3,(H,21,25)/t30-,31-,32-;15-,16-,17-/m00/s1. The van der Waals surface area contributed by atoms with Crippen LogP contribution in [0.1, 0.15) is 86.3 Å². The summed E-state index contributed by atoms with van der Waals surface area (Å²) < 4.78 is 28.8. The first kappa shape index (κ1) is 57.9. The molecule has 5 N–H and O–H groups in total. The number of β-amino-alcohol motifs (C(OH)–C–C–N with tert-alkyl or cyclic N) is 2. The van der Waals surface area contributed by atoms with Gasteiger partial charge in [-0.1, -0.05) is 142 Å². The third-order valence-electron chi connectivity index (χ3n) is 12.6. The molecule has 16 nitrogen and oxygen atoms in total. The van der Waals surface area contributed by atoms with Gasteiger partial charge in [0.15, 0.2) is 0 Å². The number of rotatable bonds is 16. The number of carbonyl (C=O) groups excluding carboxylic acids is 4. The molecular weight excluding hydrogens is 949 g/mol. The first-order chi connectivity index (χ1) is 34.5. The molecule has 2 aliphatic rings. The average molecular weight is 1030 g/mol. The number of alkyl carbamates (subject to hydrolysis) is 2. The van der Waals surface area contributed by atoms with Gasteiger partial charge in [-0.05, 0) is 80.9 Å². The summed E-state index contributed by atoms with van der Waals surface area (Å²) >= 11 is 0. The molecule has 398 valence electrons. The van der Waals surface area contributed by atoms with Gasteiger partial charge in [0, 0.05) is 50.2 Å². The van der Waals surface area contributed by atoms with Crippen molar-refractivity contribution in [1.82, 2.24) is 20.4 Å². The minimum absolute atomic E-state index is 0.107. The molecule has 0 bridgehead atoms. The molecule has 2 aliphatic heterocycles. The minimum atomic E-state index is -2.82. The predicted octanol–water partition coefficient (Wildman–Crippen LogP) is 7.37. The smallest absolute Gasteiger partial charge is 0.410 e. The highest BCUT2D eigenvalue weighted by Crippen LogP contribution is 2.37. The number of likely N-dealkylation sites (tertiary alicyclic amines) is 2. The van der Waals surface area contributed by atoms with E-state index in [2.05, 4.69) is 55.7 Å². The van der Waals surface area contributed by atoms with Crippen molar-refractivity contribution in [3.05, 3.63) is 132 Å². The van der Waals surface area contributed by atoms with Gasteiger partial charge in [0.2, 0.25) is 0 Å². The fourth-order valence-corrected chi connectivity index (χ4v) is 13.9. The molecule has 4 aromatic carbocycles. The van der Waals surface area contributed by atoms with Gasteiger partial charge in [0.25, 0.3) is 8.32 Å². The van der Waals surface area contributed by atoms with Crippen LogP contribution in [0.3, 0.4) is 0 Å². The van der Waals surface area contributed by atoms with Gasteiger partial charge in [-0.25, -0.2) is 19.2 Å². The largest absolute Gasteiger partial charge is 0.445 e. The SMILES string of the molecule is CC(C)(C)OC(=O)N[C@@H](CCO)[C@@H]1CN(C(=O)OCc2ccccc2)C[C@@H]1O.CC(C)(C)OC(=O)N[C@@H](CCO[Si](c1ccccc1)(c1ccccc1)C(C)(C)C)[C@@H]1CN(C(=O)OCc2ccccc2)C[C@@H]1O. The summed E-state index contributed by atoms with van der Waals surface area (Å²) in [5.74, 6) is -0.867. The lowest BCUT2D eigenvalue weighted by Crippen LogP contribution is -2.66. The van der Waals surface area contributed by atoms with Crippen LogP contribution in [0.2, 0.25) is 5.04 Å². The van der Waals surface area contributed by atoms with Crippen LogP contribution in [0.15, 0.2) is 121 Å². The predicted molar refractivity (Wildman–Crippen MR) is 282 cm³/mol. The summed E-state index contributed by atoms with van der Waals surface area (Å²) in [6, 6.07) is 38.5. The van der Waals surface area contributed by atoms with Gasteiger partial charge in [0.1, 0.15) is 24.4 Å². The van der Waals surface area contributed by atoms with Crippen molar-refractivity contribution < 1.29 is 57.9 Å². The maximum atomic E-state index is 13.0. The van der Waals surface area contributed by atoms with Gasteiger partial charge in [0.05, 0.1) is 25.3 Å². The van der Waals surface area contributed by atoms with Crippen LogP contribution in [-0.4, -0.2) is 133 Å². The Labute approximate surface area is 432 Å². The van der Waals surface area contributed by atoms with Crippen molar-refractivity contribution in [2.45, 2.75) is 129 Å². The molecule has 0 aliphatic carbocycles. The zero-order chi connectivity index (χ0) is 53.4. The van der Waals surface area contributed by atoms with E-state index in [0.717, 1.165) is 21.5 Å². The molecule has 0 unspecified atom stereocenters. The molecule has 2 saturated heterocycles. The normalized spacial score (nSPS) is 18.9. The molecule has 0 radical (unpaired) electrons. The zero-order valence-corrected chi connectivity index (χ0v) is 45.0. The van der Waals surface area contributed by atoms with Gasteiger partial charge in [-0.15, -0.1) is 0 Å². The molecule has 0 saturated carbocycles. The van der Waals surface area contributed by atoms with Crippen molar-refractivity contribution in [2.75, 3.05) is 39.4 Å². The zero-order valence-electron chi connectivity index (χ0n) is 44.0. The van der Waals surface area contributed by atoms with Crippen LogP contribution >= 0.6 is 0 Å². The monoisotopic (exact) mass is 1030 g/mol. The Hall–Kier alpha value is -5.98. The number of nitrogens with zero attached hydrogens (tertiary/aromatic N) is 2. The second-order valence-electron chi connectivity index (χ2n) is 21.7. The van der Waals surface area contributed by atoms with Crippen LogP contribution in [0, 0.1) is 11.8 Å².